The zero-order chi connectivity index (χ0) is 18.5. The molecular formula is C20H23Cl2N3O. The van der Waals surface area contributed by atoms with Crippen LogP contribution < -0.4 is 5.32 Å². The molecule has 0 spiro atoms. The predicted molar refractivity (Wildman–Crippen MR) is 107 cm³/mol. The van der Waals surface area contributed by atoms with Gasteiger partial charge in [-0.2, -0.15) is 0 Å². The molecule has 1 saturated heterocycles. The van der Waals surface area contributed by atoms with Crippen molar-refractivity contribution in [1.29, 1.82) is 0 Å². The number of piperazine rings is 1. The molecule has 0 aliphatic carbocycles. The summed E-state index contributed by atoms with van der Waals surface area (Å²) in [4.78, 5) is 17.1. The summed E-state index contributed by atoms with van der Waals surface area (Å²) in [7, 11) is 2.16. The van der Waals surface area contributed by atoms with E-state index in [1.165, 1.54) is 5.56 Å². The van der Waals surface area contributed by atoms with Crippen molar-refractivity contribution < 1.29 is 4.79 Å². The van der Waals surface area contributed by atoms with Gasteiger partial charge in [-0.3, -0.25) is 9.69 Å². The number of nitrogens with zero attached hydrogens (tertiary/aromatic N) is 2. The third-order valence-corrected chi connectivity index (χ3v) is 5.17. The van der Waals surface area contributed by atoms with Crippen LogP contribution in [-0.4, -0.2) is 48.9 Å². The van der Waals surface area contributed by atoms with E-state index >= 15 is 0 Å². The first-order valence-electron chi connectivity index (χ1n) is 8.73. The second-order valence-electron chi connectivity index (χ2n) is 6.71. The maximum atomic E-state index is 12.3. The summed E-state index contributed by atoms with van der Waals surface area (Å²) in [5.74, 6) is -0.198. The maximum absolute atomic E-state index is 12.3. The number of amides is 1. The van der Waals surface area contributed by atoms with Gasteiger partial charge in [0.2, 0.25) is 0 Å². The highest BCUT2D eigenvalue weighted by Crippen LogP contribution is 2.21. The minimum absolute atomic E-state index is 0.198. The molecule has 4 nitrogen and oxygen atoms in total. The molecule has 138 valence electrons. The molecule has 0 bridgehead atoms. The topological polar surface area (TPSA) is 35.6 Å². The van der Waals surface area contributed by atoms with Gasteiger partial charge in [-0.05, 0) is 36.4 Å². The van der Waals surface area contributed by atoms with Crippen molar-refractivity contribution in [2.75, 3.05) is 33.2 Å². The minimum Gasteiger partial charge on any atom is -0.348 e. The second kappa shape index (κ2) is 8.87. The molecule has 3 rings (SSSR count). The smallest absolute Gasteiger partial charge is 0.253 e. The molecule has 1 aliphatic heterocycles. The van der Waals surface area contributed by atoms with Crippen molar-refractivity contribution >= 4 is 29.1 Å². The zero-order valence-corrected chi connectivity index (χ0v) is 16.4. The van der Waals surface area contributed by atoms with E-state index in [-0.39, 0.29) is 5.91 Å². The Labute approximate surface area is 164 Å². The molecule has 1 amide bonds. The number of rotatable bonds is 5. The molecule has 0 atom stereocenters. The van der Waals surface area contributed by atoms with Crippen molar-refractivity contribution in [2.45, 2.75) is 13.1 Å². The Bertz CT molecular complexity index is 773. The van der Waals surface area contributed by atoms with Crippen molar-refractivity contribution in [3.05, 3.63) is 69.2 Å². The zero-order valence-electron chi connectivity index (χ0n) is 14.8. The van der Waals surface area contributed by atoms with Gasteiger partial charge < -0.3 is 10.2 Å². The van der Waals surface area contributed by atoms with Gasteiger partial charge in [0.05, 0.1) is 10.6 Å². The fraction of sp³-hybridized carbons (Fsp3) is 0.350. The van der Waals surface area contributed by atoms with Crippen molar-refractivity contribution in [3.8, 4) is 0 Å². The van der Waals surface area contributed by atoms with Crippen LogP contribution in [0.15, 0.2) is 42.5 Å². The molecule has 6 heteroatoms. The van der Waals surface area contributed by atoms with E-state index in [0.29, 0.717) is 22.2 Å². The minimum atomic E-state index is -0.198. The SMILES string of the molecule is CN1CCN(Cc2cccc(CNC(=O)c3ccc(Cl)cc3Cl)c2)CC1. The van der Waals surface area contributed by atoms with Gasteiger partial charge in [0.1, 0.15) is 0 Å². The summed E-state index contributed by atoms with van der Waals surface area (Å²) in [5.41, 5.74) is 2.78. The largest absolute Gasteiger partial charge is 0.348 e. The van der Waals surface area contributed by atoms with E-state index in [4.69, 9.17) is 23.2 Å². The standard InChI is InChI=1S/C20H23Cl2N3O/c1-24-7-9-25(10-8-24)14-16-4-2-3-15(11-16)13-23-20(26)18-6-5-17(21)12-19(18)22/h2-6,11-12H,7-10,13-14H2,1H3,(H,23,26). The number of nitrogens with one attached hydrogen (secondary N) is 1. The molecule has 1 N–H and O–H groups in total. The highest BCUT2D eigenvalue weighted by molar-refractivity contribution is 6.36. The number of halogens is 2. The Morgan fingerprint density at radius 3 is 2.50 bits per heavy atom. The average Bonchev–Trinajstić information content (AvgIpc) is 2.62. The monoisotopic (exact) mass is 391 g/mol. The predicted octanol–water partition coefficient (Wildman–Crippen LogP) is 3.67. The van der Waals surface area contributed by atoms with Crippen LogP contribution in [0.2, 0.25) is 10.0 Å². The maximum Gasteiger partial charge on any atom is 0.253 e. The van der Waals surface area contributed by atoms with Crippen LogP contribution in [0.1, 0.15) is 21.5 Å². The van der Waals surface area contributed by atoms with Gasteiger partial charge in [0.25, 0.3) is 5.91 Å². The van der Waals surface area contributed by atoms with E-state index in [0.717, 1.165) is 38.3 Å². The fourth-order valence-electron chi connectivity index (χ4n) is 3.05. The van der Waals surface area contributed by atoms with E-state index in [1.807, 2.05) is 12.1 Å². The number of likely N-dealkylation sites (N-methyl/N-ethyl adjacent to an activating group) is 1. The Hall–Kier alpha value is -1.59. The number of hydrogen-bond acceptors (Lipinski definition) is 3. The number of carbonyl (C=O) groups excluding carboxylic acids is 1. The Balaban J connectivity index is 1.57. The third-order valence-electron chi connectivity index (χ3n) is 4.62. The fourth-order valence-corrected chi connectivity index (χ4v) is 3.55. The molecule has 2 aromatic rings. The molecule has 26 heavy (non-hydrogen) atoms. The van der Waals surface area contributed by atoms with Gasteiger partial charge in [-0.25, -0.2) is 0 Å². The molecule has 1 aliphatic rings. The molecule has 0 unspecified atom stereocenters. The van der Waals surface area contributed by atoms with Crippen LogP contribution in [0.4, 0.5) is 0 Å². The Kier molecular flexibility index (Phi) is 6.54. The Morgan fingerprint density at radius 2 is 1.77 bits per heavy atom. The summed E-state index contributed by atoms with van der Waals surface area (Å²) in [6, 6.07) is 13.2. The van der Waals surface area contributed by atoms with Crippen LogP contribution in [0.5, 0.6) is 0 Å². The van der Waals surface area contributed by atoms with Gasteiger partial charge >= 0.3 is 0 Å². The molecule has 0 aromatic heterocycles. The lowest BCUT2D eigenvalue weighted by molar-refractivity contribution is 0.0951. The van der Waals surface area contributed by atoms with Crippen LogP contribution in [0, 0.1) is 0 Å². The van der Waals surface area contributed by atoms with E-state index in [2.05, 4.69) is 34.3 Å². The van der Waals surface area contributed by atoms with Crippen molar-refractivity contribution in [2.24, 2.45) is 0 Å². The van der Waals surface area contributed by atoms with E-state index in [1.54, 1.807) is 18.2 Å². The quantitative estimate of drug-likeness (QED) is 0.844. The van der Waals surface area contributed by atoms with Gasteiger partial charge in [-0.1, -0.05) is 47.5 Å². The van der Waals surface area contributed by atoms with Gasteiger partial charge in [0.15, 0.2) is 0 Å². The van der Waals surface area contributed by atoms with Crippen LogP contribution in [0.3, 0.4) is 0 Å². The summed E-state index contributed by atoms with van der Waals surface area (Å²) < 4.78 is 0. The summed E-state index contributed by atoms with van der Waals surface area (Å²) in [6.07, 6.45) is 0. The van der Waals surface area contributed by atoms with Crippen LogP contribution >= 0.6 is 23.2 Å². The van der Waals surface area contributed by atoms with Crippen molar-refractivity contribution in [3.63, 3.8) is 0 Å². The molecule has 2 aromatic carbocycles. The first-order valence-corrected chi connectivity index (χ1v) is 9.49. The lowest BCUT2D eigenvalue weighted by Crippen LogP contribution is -2.43. The van der Waals surface area contributed by atoms with Crippen LogP contribution in [0.25, 0.3) is 0 Å². The highest BCUT2D eigenvalue weighted by Gasteiger charge is 2.14. The third kappa shape index (κ3) is 5.21. The number of carbonyl (C=O) groups is 1. The first kappa shape index (κ1) is 19.2. The molecular weight excluding hydrogens is 369 g/mol. The normalized spacial score (nSPS) is 15.8. The number of benzene rings is 2. The summed E-state index contributed by atoms with van der Waals surface area (Å²) in [6.45, 7) is 5.81. The Morgan fingerprint density at radius 1 is 1.04 bits per heavy atom. The van der Waals surface area contributed by atoms with Crippen molar-refractivity contribution in [1.82, 2.24) is 15.1 Å². The molecule has 1 fully saturated rings. The summed E-state index contributed by atoms with van der Waals surface area (Å²) >= 11 is 12.0. The van der Waals surface area contributed by atoms with Gasteiger partial charge in [0, 0.05) is 44.3 Å². The highest BCUT2D eigenvalue weighted by atomic mass is 35.5. The second-order valence-corrected chi connectivity index (χ2v) is 7.55. The molecule has 0 radical (unpaired) electrons. The van der Waals surface area contributed by atoms with E-state index < -0.39 is 0 Å². The average molecular weight is 392 g/mol. The lowest BCUT2D eigenvalue weighted by Gasteiger charge is -2.32. The van der Waals surface area contributed by atoms with Crippen LogP contribution in [-0.2, 0) is 13.1 Å². The first-order chi connectivity index (χ1) is 12.5. The lowest BCUT2D eigenvalue weighted by atomic mass is 10.1. The van der Waals surface area contributed by atoms with E-state index in [9.17, 15) is 4.79 Å². The number of hydrogen-bond donors (Lipinski definition) is 1. The summed E-state index contributed by atoms with van der Waals surface area (Å²) in [5, 5.41) is 3.80. The molecule has 0 saturated carbocycles. The molecule has 1 heterocycles. The van der Waals surface area contributed by atoms with Gasteiger partial charge in [-0.15, -0.1) is 0 Å².